The van der Waals surface area contributed by atoms with Gasteiger partial charge in [0.25, 0.3) is 0 Å². The molecule has 18 heavy (non-hydrogen) atoms. The Kier molecular flexibility index (Phi) is 3.90. The quantitative estimate of drug-likeness (QED) is 0.911. The summed E-state index contributed by atoms with van der Waals surface area (Å²) < 4.78 is 22.6. The molecule has 0 spiro atoms. The molecule has 1 atom stereocenters. The van der Waals surface area contributed by atoms with E-state index in [9.17, 15) is 8.42 Å². The summed E-state index contributed by atoms with van der Waals surface area (Å²) in [5.74, 6) is 0.722. The van der Waals surface area contributed by atoms with E-state index in [2.05, 4.69) is 17.2 Å². The molecule has 1 aliphatic carbocycles. The molecule has 0 aliphatic heterocycles. The van der Waals surface area contributed by atoms with Crippen molar-refractivity contribution in [1.82, 2.24) is 4.98 Å². The van der Waals surface area contributed by atoms with Gasteiger partial charge in [-0.15, -0.1) is 0 Å². The number of nitrogens with one attached hydrogen (secondary N) is 1. The minimum absolute atomic E-state index is 0.126. The summed E-state index contributed by atoms with van der Waals surface area (Å²) in [7, 11) is -3.20. The first-order valence-corrected chi connectivity index (χ1v) is 8.28. The van der Waals surface area contributed by atoms with Gasteiger partial charge < -0.3 is 5.32 Å². The lowest BCUT2D eigenvalue weighted by Gasteiger charge is -2.21. The molecule has 1 saturated carbocycles. The normalized spacial score (nSPS) is 18.8. The van der Waals surface area contributed by atoms with Crippen molar-refractivity contribution in [1.29, 1.82) is 0 Å². The Morgan fingerprint density at radius 2 is 2.00 bits per heavy atom. The van der Waals surface area contributed by atoms with Crippen molar-refractivity contribution >= 4 is 15.5 Å². The summed E-state index contributed by atoms with van der Waals surface area (Å²) in [6.07, 6.45) is 7.97. The lowest BCUT2D eigenvalue weighted by Crippen LogP contribution is -2.23. The second-order valence-electron chi connectivity index (χ2n) is 5.13. The van der Waals surface area contributed by atoms with Gasteiger partial charge in [-0.3, -0.25) is 0 Å². The smallest absolute Gasteiger partial charge is 0.192 e. The maximum atomic E-state index is 11.3. The lowest BCUT2D eigenvalue weighted by atomic mass is 10.00. The topological polar surface area (TPSA) is 59.1 Å². The molecule has 0 radical (unpaired) electrons. The van der Waals surface area contributed by atoms with Crippen LogP contribution in [0.5, 0.6) is 0 Å². The first-order valence-electron chi connectivity index (χ1n) is 6.39. The highest BCUT2D eigenvalue weighted by molar-refractivity contribution is 7.90. The number of hydrogen-bond acceptors (Lipinski definition) is 4. The Balaban J connectivity index is 2.02. The van der Waals surface area contributed by atoms with Crippen LogP contribution in [-0.4, -0.2) is 25.7 Å². The Morgan fingerprint density at radius 3 is 2.50 bits per heavy atom. The molecule has 4 nitrogen and oxygen atoms in total. The largest absolute Gasteiger partial charge is 0.381 e. The highest BCUT2D eigenvalue weighted by Gasteiger charge is 2.21. The fourth-order valence-corrected chi connectivity index (χ4v) is 3.08. The molecule has 0 amide bonds. The summed E-state index contributed by atoms with van der Waals surface area (Å²) in [5.41, 5.74) is 0.891. The molecule has 1 aliphatic rings. The summed E-state index contributed by atoms with van der Waals surface area (Å²) in [6.45, 7) is 2.18. The molecule has 1 aromatic heterocycles. The van der Waals surface area contributed by atoms with Crippen molar-refractivity contribution in [3.63, 3.8) is 0 Å². The number of sulfone groups is 1. The van der Waals surface area contributed by atoms with Crippen molar-refractivity contribution in [3.05, 3.63) is 18.3 Å². The van der Waals surface area contributed by atoms with Crippen LogP contribution in [0.2, 0.25) is 0 Å². The third-order valence-corrected chi connectivity index (χ3v) is 4.62. The Morgan fingerprint density at radius 1 is 1.33 bits per heavy atom. The Labute approximate surface area is 109 Å². The van der Waals surface area contributed by atoms with Gasteiger partial charge in [-0.05, 0) is 37.8 Å². The van der Waals surface area contributed by atoms with Gasteiger partial charge in [0.2, 0.25) is 0 Å². The van der Waals surface area contributed by atoms with Gasteiger partial charge in [-0.25, -0.2) is 13.4 Å². The van der Waals surface area contributed by atoms with E-state index in [4.69, 9.17) is 0 Å². The molecule has 0 aromatic carbocycles. The van der Waals surface area contributed by atoms with Crippen LogP contribution in [0.1, 0.15) is 32.6 Å². The average molecular weight is 268 g/mol. The third kappa shape index (κ3) is 3.22. The number of hydrogen-bond donors (Lipinski definition) is 1. The molecule has 1 N–H and O–H groups in total. The van der Waals surface area contributed by atoms with Crippen LogP contribution >= 0.6 is 0 Å². The molecule has 1 heterocycles. The van der Waals surface area contributed by atoms with Gasteiger partial charge in [0.05, 0.1) is 11.9 Å². The highest BCUT2D eigenvalue weighted by Crippen LogP contribution is 2.29. The molecular formula is C13H20N2O2S. The maximum absolute atomic E-state index is 11.3. The van der Waals surface area contributed by atoms with Crippen LogP contribution in [0, 0.1) is 5.92 Å². The van der Waals surface area contributed by atoms with Gasteiger partial charge in [-0.1, -0.05) is 12.8 Å². The summed E-state index contributed by atoms with van der Waals surface area (Å²) in [4.78, 5) is 3.98. The standard InChI is InChI=1S/C13H20N2O2S/c1-10(11-5-3-4-6-11)15-12-7-8-13(14-9-12)18(2,16)17/h7-11,15H,3-6H2,1-2H3. The monoisotopic (exact) mass is 268 g/mol. The molecular weight excluding hydrogens is 248 g/mol. The number of aromatic nitrogens is 1. The number of pyridine rings is 1. The summed E-state index contributed by atoms with van der Waals surface area (Å²) in [5, 5.41) is 3.53. The van der Waals surface area contributed by atoms with E-state index in [-0.39, 0.29) is 5.03 Å². The van der Waals surface area contributed by atoms with E-state index in [1.54, 1.807) is 18.3 Å². The van der Waals surface area contributed by atoms with Crippen LogP contribution in [0.4, 0.5) is 5.69 Å². The zero-order valence-corrected chi connectivity index (χ0v) is 11.7. The van der Waals surface area contributed by atoms with Gasteiger partial charge in [0.1, 0.15) is 0 Å². The van der Waals surface area contributed by atoms with E-state index in [0.29, 0.717) is 6.04 Å². The minimum Gasteiger partial charge on any atom is -0.381 e. The summed E-state index contributed by atoms with van der Waals surface area (Å²) >= 11 is 0. The van der Waals surface area contributed by atoms with Crippen molar-refractivity contribution in [3.8, 4) is 0 Å². The zero-order chi connectivity index (χ0) is 13.2. The Hall–Kier alpha value is -1.10. The fraction of sp³-hybridized carbons (Fsp3) is 0.615. The van der Waals surface area contributed by atoms with E-state index in [1.807, 2.05) is 0 Å². The first kappa shape index (κ1) is 13.3. The van der Waals surface area contributed by atoms with Gasteiger partial charge in [-0.2, -0.15) is 0 Å². The first-order chi connectivity index (χ1) is 8.47. The predicted molar refractivity (Wildman–Crippen MR) is 72.4 cm³/mol. The molecule has 2 rings (SSSR count). The van der Waals surface area contributed by atoms with Gasteiger partial charge in [0, 0.05) is 12.3 Å². The molecule has 0 bridgehead atoms. The summed E-state index contributed by atoms with van der Waals surface area (Å²) in [6, 6.07) is 3.76. The number of rotatable bonds is 4. The van der Waals surface area contributed by atoms with Crippen LogP contribution in [0.15, 0.2) is 23.4 Å². The highest BCUT2D eigenvalue weighted by atomic mass is 32.2. The molecule has 1 unspecified atom stereocenters. The van der Waals surface area contributed by atoms with Gasteiger partial charge in [0.15, 0.2) is 14.9 Å². The predicted octanol–water partition coefficient (Wildman–Crippen LogP) is 2.48. The van der Waals surface area contributed by atoms with E-state index < -0.39 is 9.84 Å². The third-order valence-electron chi connectivity index (χ3n) is 3.62. The van der Waals surface area contributed by atoms with Crippen LogP contribution in [0.25, 0.3) is 0 Å². The average Bonchev–Trinajstić information content (AvgIpc) is 2.82. The van der Waals surface area contributed by atoms with Crippen LogP contribution < -0.4 is 5.32 Å². The molecule has 0 saturated heterocycles. The van der Waals surface area contributed by atoms with Gasteiger partial charge >= 0.3 is 0 Å². The Bertz CT molecular complexity index is 490. The maximum Gasteiger partial charge on any atom is 0.192 e. The SMILES string of the molecule is CC(Nc1ccc(S(C)(=O)=O)nc1)C1CCCC1. The second kappa shape index (κ2) is 5.26. The number of anilines is 1. The molecule has 1 aromatic rings. The van der Waals surface area contributed by atoms with Crippen molar-refractivity contribution < 1.29 is 8.42 Å². The van der Waals surface area contributed by atoms with E-state index in [1.165, 1.54) is 31.9 Å². The van der Waals surface area contributed by atoms with Crippen LogP contribution in [-0.2, 0) is 9.84 Å². The zero-order valence-electron chi connectivity index (χ0n) is 10.9. The minimum atomic E-state index is -3.20. The molecule has 100 valence electrons. The van der Waals surface area contributed by atoms with E-state index in [0.717, 1.165) is 11.6 Å². The second-order valence-corrected chi connectivity index (χ2v) is 7.10. The van der Waals surface area contributed by atoms with Crippen molar-refractivity contribution in [2.45, 2.75) is 43.7 Å². The molecule has 1 fully saturated rings. The fourth-order valence-electron chi connectivity index (χ4n) is 2.52. The molecule has 5 heteroatoms. The van der Waals surface area contributed by atoms with E-state index >= 15 is 0 Å². The van der Waals surface area contributed by atoms with Crippen LogP contribution in [0.3, 0.4) is 0 Å². The number of nitrogens with zero attached hydrogens (tertiary/aromatic N) is 1. The van der Waals surface area contributed by atoms with Crippen molar-refractivity contribution in [2.75, 3.05) is 11.6 Å². The lowest BCUT2D eigenvalue weighted by molar-refractivity contribution is 0.482. The van der Waals surface area contributed by atoms with Crippen molar-refractivity contribution in [2.24, 2.45) is 5.92 Å².